The van der Waals surface area contributed by atoms with E-state index in [1.165, 1.54) is 0 Å². The van der Waals surface area contributed by atoms with Crippen LogP contribution in [0.4, 0.5) is 11.6 Å². The van der Waals surface area contributed by atoms with Gasteiger partial charge in [-0.15, -0.1) is 0 Å². The monoisotopic (exact) mass is 319 g/mol. The van der Waals surface area contributed by atoms with Gasteiger partial charge in [0.05, 0.1) is 36.7 Å². The van der Waals surface area contributed by atoms with Crippen molar-refractivity contribution in [3.63, 3.8) is 0 Å². The van der Waals surface area contributed by atoms with Crippen LogP contribution >= 0.6 is 0 Å². The molecule has 124 valence electrons. The largest absolute Gasteiger partial charge is 0.375 e. The van der Waals surface area contributed by atoms with Gasteiger partial charge in [-0.25, -0.2) is 9.97 Å². The van der Waals surface area contributed by atoms with Crippen LogP contribution in [-0.2, 0) is 14.3 Å². The van der Waals surface area contributed by atoms with Crippen LogP contribution in [0.5, 0.6) is 0 Å². The fourth-order valence-corrected chi connectivity index (χ4v) is 2.83. The third kappa shape index (κ3) is 3.58. The van der Waals surface area contributed by atoms with Gasteiger partial charge in [-0.3, -0.25) is 9.59 Å². The lowest BCUT2D eigenvalue weighted by atomic mass is 10.1. The van der Waals surface area contributed by atoms with Gasteiger partial charge in [0.25, 0.3) is 0 Å². The van der Waals surface area contributed by atoms with E-state index in [-0.39, 0.29) is 30.3 Å². The van der Waals surface area contributed by atoms with Gasteiger partial charge in [0.1, 0.15) is 0 Å². The number of hydrogen-bond acceptors (Lipinski definition) is 6. The number of aromatic nitrogens is 2. The van der Waals surface area contributed by atoms with Gasteiger partial charge in [0, 0.05) is 33.1 Å². The van der Waals surface area contributed by atoms with Crippen molar-refractivity contribution >= 4 is 23.5 Å². The molecule has 2 aliphatic heterocycles. The van der Waals surface area contributed by atoms with Crippen LogP contribution in [0.1, 0.15) is 13.3 Å². The molecule has 2 atom stereocenters. The Labute approximate surface area is 134 Å². The van der Waals surface area contributed by atoms with Gasteiger partial charge in [0.2, 0.25) is 17.8 Å². The number of ether oxygens (including phenoxy) is 1. The molecule has 0 spiro atoms. The van der Waals surface area contributed by atoms with Gasteiger partial charge >= 0.3 is 0 Å². The fourth-order valence-electron chi connectivity index (χ4n) is 2.83. The zero-order valence-electron chi connectivity index (χ0n) is 13.4. The van der Waals surface area contributed by atoms with Crippen LogP contribution in [0.3, 0.4) is 0 Å². The maximum Gasteiger partial charge on any atom is 0.229 e. The van der Waals surface area contributed by atoms with Crippen LogP contribution in [-0.4, -0.2) is 66.1 Å². The summed E-state index contributed by atoms with van der Waals surface area (Å²) >= 11 is 0. The van der Waals surface area contributed by atoms with Crippen molar-refractivity contribution in [1.29, 1.82) is 0 Å². The molecule has 2 amide bonds. The topological polar surface area (TPSA) is 87.7 Å². The molecule has 0 bridgehead atoms. The first-order valence-electron chi connectivity index (χ1n) is 7.76. The number of nitrogens with one attached hydrogen (secondary N) is 1. The highest BCUT2D eigenvalue weighted by molar-refractivity contribution is 5.96. The first-order valence-corrected chi connectivity index (χ1v) is 7.76. The molecule has 2 saturated heterocycles. The number of morpholine rings is 1. The maximum absolute atomic E-state index is 12.2. The summed E-state index contributed by atoms with van der Waals surface area (Å²) in [6.45, 7) is 4.64. The van der Waals surface area contributed by atoms with E-state index in [2.05, 4.69) is 20.2 Å². The number of anilines is 2. The zero-order chi connectivity index (χ0) is 16.4. The first kappa shape index (κ1) is 15.7. The molecule has 8 heteroatoms. The van der Waals surface area contributed by atoms with Crippen LogP contribution in [0.2, 0.25) is 0 Å². The molecule has 2 fully saturated rings. The van der Waals surface area contributed by atoms with Gasteiger partial charge in [-0.1, -0.05) is 0 Å². The van der Waals surface area contributed by atoms with Gasteiger partial charge in [0.15, 0.2) is 0 Å². The minimum Gasteiger partial charge on any atom is -0.375 e. The Kier molecular flexibility index (Phi) is 4.42. The lowest BCUT2D eigenvalue weighted by molar-refractivity contribution is -0.127. The summed E-state index contributed by atoms with van der Waals surface area (Å²) in [5.41, 5.74) is 0.544. The Hall–Kier alpha value is -2.22. The number of carbonyl (C=O) groups is 2. The summed E-state index contributed by atoms with van der Waals surface area (Å²) in [4.78, 5) is 35.9. The van der Waals surface area contributed by atoms with Crippen molar-refractivity contribution in [2.24, 2.45) is 5.92 Å². The molecule has 8 nitrogen and oxygen atoms in total. The minimum atomic E-state index is -0.313. The van der Waals surface area contributed by atoms with E-state index in [0.717, 1.165) is 13.1 Å². The third-order valence-electron chi connectivity index (χ3n) is 4.14. The van der Waals surface area contributed by atoms with Crippen LogP contribution in [0, 0.1) is 5.92 Å². The molecule has 0 aliphatic carbocycles. The predicted octanol–water partition coefficient (Wildman–Crippen LogP) is 0.119. The maximum atomic E-state index is 12.2. The number of rotatable bonds is 3. The molecular weight excluding hydrogens is 298 g/mol. The summed E-state index contributed by atoms with van der Waals surface area (Å²) in [6.07, 6.45) is 3.61. The average molecular weight is 319 g/mol. The number of carbonyl (C=O) groups excluding carboxylic acids is 2. The molecule has 23 heavy (non-hydrogen) atoms. The second kappa shape index (κ2) is 6.49. The summed E-state index contributed by atoms with van der Waals surface area (Å²) in [6, 6.07) is 0. The molecule has 1 aromatic rings. The van der Waals surface area contributed by atoms with E-state index < -0.39 is 0 Å². The molecule has 1 N–H and O–H groups in total. The van der Waals surface area contributed by atoms with E-state index in [1.807, 2.05) is 6.92 Å². The standard InChI is InChI=1S/C15H21N5O3/c1-10-8-20(3-4-23-10)15-16-6-12(7-17-15)18-14(22)11-5-13(21)19(2)9-11/h6-7,10-11H,3-5,8-9H2,1-2H3,(H,18,22). The van der Waals surface area contributed by atoms with Crippen molar-refractivity contribution in [2.45, 2.75) is 19.4 Å². The van der Waals surface area contributed by atoms with Crippen molar-refractivity contribution in [3.8, 4) is 0 Å². The van der Waals surface area contributed by atoms with E-state index in [1.54, 1.807) is 24.3 Å². The molecule has 0 radical (unpaired) electrons. The highest BCUT2D eigenvalue weighted by Crippen LogP contribution is 2.19. The third-order valence-corrected chi connectivity index (χ3v) is 4.14. The number of likely N-dealkylation sites (tertiary alicyclic amines) is 1. The lowest BCUT2D eigenvalue weighted by Crippen LogP contribution is -2.42. The molecule has 2 unspecified atom stereocenters. The second-order valence-corrected chi connectivity index (χ2v) is 6.06. The van der Waals surface area contributed by atoms with E-state index in [4.69, 9.17) is 4.74 Å². The quantitative estimate of drug-likeness (QED) is 0.851. The molecule has 0 saturated carbocycles. The Morgan fingerprint density at radius 1 is 1.35 bits per heavy atom. The number of amides is 2. The summed E-state index contributed by atoms with van der Waals surface area (Å²) in [7, 11) is 1.71. The SMILES string of the molecule is CC1CN(c2ncc(NC(=O)C3CC(=O)N(C)C3)cn2)CCO1. The van der Waals surface area contributed by atoms with Crippen LogP contribution in [0.15, 0.2) is 12.4 Å². The summed E-state index contributed by atoms with van der Waals surface area (Å²) < 4.78 is 5.49. The Bertz CT molecular complexity index is 591. The average Bonchev–Trinajstić information content (AvgIpc) is 2.88. The van der Waals surface area contributed by atoms with Gasteiger partial charge in [-0.2, -0.15) is 0 Å². The molecule has 2 aliphatic rings. The molecule has 0 aromatic carbocycles. The van der Waals surface area contributed by atoms with Crippen molar-refractivity contribution in [2.75, 3.05) is 43.5 Å². The van der Waals surface area contributed by atoms with Gasteiger partial charge < -0.3 is 19.9 Å². The zero-order valence-corrected chi connectivity index (χ0v) is 13.4. The van der Waals surface area contributed by atoms with E-state index >= 15 is 0 Å². The predicted molar refractivity (Wildman–Crippen MR) is 84.0 cm³/mol. The highest BCUT2D eigenvalue weighted by atomic mass is 16.5. The van der Waals surface area contributed by atoms with Gasteiger partial charge in [-0.05, 0) is 6.92 Å². The molecular formula is C15H21N5O3. The molecule has 1 aromatic heterocycles. The smallest absolute Gasteiger partial charge is 0.229 e. The normalized spacial score (nSPS) is 24.9. The molecule has 3 heterocycles. The summed E-state index contributed by atoms with van der Waals surface area (Å²) in [5, 5.41) is 2.78. The Morgan fingerprint density at radius 3 is 2.70 bits per heavy atom. The molecule has 3 rings (SSSR count). The first-order chi connectivity index (χ1) is 11.0. The number of nitrogens with zero attached hydrogens (tertiary/aromatic N) is 4. The highest BCUT2D eigenvalue weighted by Gasteiger charge is 2.32. The fraction of sp³-hybridized carbons (Fsp3) is 0.600. The van der Waals surface area contributed by atoms with Crippen molar-refractivity contribution < 1.29 is 14.3 Å². The Morgan fingerprint density at radius 2 is 2.09 bits per heavy atom. The van der Waals surface area contributed by atoms with Crippen molar-refractivity contribution in [3.05, 3.63) is 12.4 Å². The second-order valence-electron chi connectivity index (χ2n) is 6.06. The van der Waals surface area contributed by atoms with Crippen LogP contribution < -0.4 is 10.2 Å². The van der Waals surface area contributed by atoms with Crippen LogP contribution in [0.25, 0.3) is 0 Å². The lowest BCUT2D eigenvalue weighted by Gasteiger charge is -2.31. The Balaban J connectivity index is 1.59. The van der Waals surface area contributed by atoms with E-state index in [0.29, 0.717) is 24.8 Å². The minimum absolute atomic E-state index is 0.00168. The number of hydrogen-bond donors (Lipinski definition) is 1. The van der Waals surface area contributed by atoms with Crippen molar-refractivity contribution in [1.82, 2.24) is 14.9 Å². The van der Waals surface area contributed by atoms with E-state index in [9.17, 15) is 9.59 Å². The summed E-state index contributed by atoms with van der Waals surface area (Å²) in [5.74, 6) is 0.151.